The molecule has 0 unspecified atom stereocenters. The van der Waals surface area contributed by atoms with Crippen LogP contribution in [0.1, 0.15) is 10.5 Å². The molecular weight excluding hydrogens is 557 g/mol. The number of halogens is 1. The van der Waals surface area contributed by atoms with Crippen molar-refractivity contribution in [2.75, 3.05) is 41.1 Å². The first-order valence-electron chi connectivity index (χ1n) is 11.2. The largest absolute Gasteiger partial charge is 0.370 e. The average molecular weight is 583 g/mol. The number of carbonyl (C=O) groups excluding carboxylic acids is 2. The topological polar surface area (TPSA) is 53.8 Å². The molecule has 4 aromatic rings. The summed E-state index contributed by atoms with van der Waals surface area (Å²) >= 11 is 2.64. The highest BCUT2D eigenvalue weighted by Crippen LogP contribution is 2.54. The lowest BCUT2D eigenvalue weighted by atomic mass is 10.0. The standard InChI is InChI=1S/C27H26IN3O2S/c1-34(28)17-15-30(16-18-34)22-12-10-21(11-13-22)29-27(33)26(32)25-24(20-7-3-2-4-8-20)19-23-9-5-6-14-31(23)25/h2-14,19H,15-18H2,1H3,(H,29,33). The number of hydrogen-bond donors (Lipinski definition) is 1. The molecule has 0 aliphatic carbocycles. The van der Waals surface area contributed by atoms with Crippen LogP contribution in [0.15, 0.2) is 85.1 Å². The number of carbonyl (C=O) groups is 2. The molecule has 5 rings (SSSR count). The van der Waals surface area contributed by atoms with E-state index < -0.39 is 18.9 Å². The predicted octanol–water partition coefficient (Wildman–Crippen LogP) is 6.03. The number of pyridine rings is 1. The molecule has 7 heteroatoms. The molecule has 1 amide bonds. The van der Waals surface area contributed by atoms with Crippen LogP contribution in [0.2, 0.25) is 0 Å². The Labute approximate surface area is 213 Å². The molecule has 2 aromatic heterocycles. The van der Waals surface area contributed by atoms with Gasteiger partial charge in [0.2, 0.25) is 0 Å². The molecule has 0 saturated carbocycles. The van der Waals surface area contributed by atoms with Crippen LogP contribution in [-0.2, 0) is 4.79 Å². The van der Waals surface area contributed by atoms with Gasteiger partial charge in [0.1, 0.15) is 5.69 Å². The van der Waals surface area contributed by atoms with Crippen LogP contribution in [0.25, 0.3) is 16.6 Å². The molecule has 3 heterocycles. The van der Waals surface area contributed by atoms with Crippen LogP contribution < -0.4 is 10.2 Å². The first kappa shape index (κ1) is 23.0. The quantitative estimate of drug-likeness (QED) is 0.177. The average Bonchev–Trinajstić information content (AvgIpc) is 3.24. The number of fused-ring (bicyclic) bond motifs is 1. The fourth-order valence-corrected chi connectivity index (χ4v) is 6.91. The molecule has 0 atom stereocenters. The van der Waals surface area contributed by atoms with E-state index in [0.29, 0.717) is 11.4 Å². The number of rotatable bonds is 5. The third-order valence-corrected chi connectivity index (χ3v) is 11.0. The van der Waals surface area contributed by atoms with Crippen LogP contribution >= 0.6 is 28.4 Å². The van der Waals surface area contributed by atoms with Gasteiger partial charge in [0.15, 0.2) is 0 Å². The zero-order valence-corrected chi connectivity index (χ0v) is 21.9. The van der Waals surface area contributed by atoms with Crippen molar-refractivity contribution in [3.8, 4) is 11.1 Å². The van der Waals surface area contributed by atoms with Gasteiger partial charge in [0, 0.05) is 53.2 Å². The summed E-state index contributed by atoms with van der Waals surface area (Å²) in [6.45, 7) is 2.12. The van der Waals surface area contributed by atoms with Crippen molar-refractivity contribution < 1.29 is 9.59 Å². The minimum atomic E-state index is -0.643. The van der Waals surface area contributed by atoms with E-state index in [1.54, 1.807) is 4.40 Å². The highest BCUT2D eigenvalue weighted by Gasteiger charge is 2.25. The summed E-state index contributed by atoms with van der Waals surface area (Å²) in [6.07, 6.45) is 4.20. The number of Topliss-reactive ketones (excluding diaryl/α,β-unsaturated/α-hetero) is 1. The Hall–Kier alpha value is -2.78. The maximum absolute atomic E-state index is 13.4. The highest BCUT2D eigenvalue weighted by atomic mass is 127. The van der Waals surface area contributed by atoms with Crippen molar-refractivity contribution in [2.45, 2.75) is 0 Å². The van der Waals surface area contributed by atoms with Crippen molar-refractivity contribution in [3.63, 3.8) is 0 Å². The van der Waals surface area contributed by atoms with Crippen molar-refractivity contribution in [3.05, 3.63) is 90.8 Å². The first-order chi connectivity index (χ1) is 16.4. The van der Waals surface area contributed by atoms with Crippen molar-refractivity contribution in [1.82, 2.24) is 4.40 Å². The van der Waals surface area contributed by atoms with Gasteiger partial charge < -0.3 is 14.6 Å². The van der Waals surface area contributed by atoms with Gasteiger partial charge in [-0.2, -0.15) is 7.20 Å². The third-order valence-electron chi connectivity index (χ3n) is 6.25. The number of anilines is 2. The number of ketones is 1. The highest BCUT2D eigenvalue weighted by molar-refractivity contribution is 14.2. The maximum atomic E-state index is 13.4. The molecule has 5 nitrogen and oxygen atoms in total. The Morgan fingerprint density at radius 1 is 0.912 bits per heavy atom. The fourth-order valence-electron chi connectivity index (χ4n) is 4.32. The zero-order valence-electron chi connectivity index (χ0n) is 18.9. The Morgan fingerprint density at radius 3 is 2.29 bits per heavy atom. The number of nitrogens with one attached hydrogen (secondary N) is 1. The zero-order chi connectivity index (χ0) is 23.7. The number of aromatic nitrogens is 1. The van der Waals surface area contributed by atoms with Gasteiger partial charge in [-0.3, -0.25) is 9.59 Å². The smallest absolute Gasteiger partial charge is 0.298 e. The second-order valence-corrected chi connectivity index (χ2v) is 18.2. The predicted molar refractivity (Wildman–Crippen MR) is 152 cm³/mol. The van der Waals surface area contributed by atoms with Gasteiger partial charge in [-0.1, -0.05) is 36.4 Å². The van der Waals surface area contributed by atoms with E-state index >= 15 is 0 Å². The van der Waals surface area contributed by atoms with E-state index in [1.165, 1.54) is 11.5 Å². The van der Waals surface area contributed by atoms with E-state index in [9.17, 15) is 9.59 Å². The Morgan fingerprint density at radius 2 is 1.59 bits per heavy atom. The lowest BCUT2D eigenvalue weighted by Crippen LogP contribution is -2.36. The van der Waals surface area contributed by atoms with Gasteiger partial charge in [-0.25, -0.2) is 0 Å². The van der Waals surface area contributed by atoms with Gasteiger partial charge >= 0.3 is 0 Å². The number of amides is 1. The molecule has 1 fully saturated rings. The molecule has 1 aliphatic heterocycles. The molecule has 1 aliphatic rings. The molecule has 1 N–H and O–H groups in total. The van der Waals surface area contributed by atoms with Crippen LogP contribution in [0.4, 0.5) is 11.4 Å². The Balaban J connectivity index is 1.37. The summed E-state index contributed by atoms with van der Waals surface area (Å²) in [5, 5.41) is 2.80. The number of hydrogen-bond acceptors (Lipinski definition) is 3. The summed E-state index contributed by atoms with van der Waals surface area (Å²) in [4.78, 5) is 28.8. The minimum Gasteiger partial charge on any atom is -0.370 e. The molecule has 2 aromatic carbocycles. The van der Waals surface area contributed by atoms with E-state index in [1.807, 2.05) is 85.1 Å². The van der Waals surface area contributed by atoms with Crippen LogP contribution in [0.3, 0.4) is 0 Å². The van der Waals surface area contributed by atoms with E-state index in [0.717, 1.165) is 35.4 Å². The molecule has 174 valence electrons. The summed E-state index contributed by atoms with van der Waals surface area (Å²) in [5.74, 6) is 1.26. The first-order valence-corrected chi connectivity index (χ1v) is 16.1. The lowest BCUT2D eigenvalue weighted by Gasteiger charge is -2.40. The van der Waals surface area contributed by atoms with Crippen LogP contribution in [0, 0.1) is 0 Å². The fraction of sp³-hybridized carbons (Fsp3) is 0.185. The third kappa shape index (κ3) is 4.72. The summed E-state index contributed by atoms with van der Waals surface area (Å²) in [7, 11) is -0.486. The monoisotopic (exact) mass is 583 g/mol. The number of nitrogens with zero attached hydrogens (tertiary/aromatic N) is 2. The van der Waals surface area contributed by atoms with Gasteiger partial charge in [0.25, 0.3) is 11.7 Å². The van der Waals surface area contributed by atoms with Crippen molar-refractivity contribution >= 4 is 57.0 Å². The minimum absolute atomic E-state index is 0.369. The summed E-state index contributed by atoms with van der Waals surface area (Å²) < 4.78 is 1.78. The second kappa shape index (κ2) is 9.46. The Bertz CT molecular complexity index is 1340. The normalized spacial score (nSPS) is 16.2. The molecular formula is C27H26IN3O2S. The van der Waals surface area contributed by atoms with Gasteiger partial charge in [-0.05, 0) is 75.5 Å². The van der Waals surface area contributed by atoms with E-state index in [4.69, 9.17) is 0 Å². The maximum Gasteiger partial charge on any atom is 0.298 e. The Kier molecular flexibility index (Phi) is 6.40. The molecule has 0 bridgehead atoms. The van der Waals surface area contributed by atoms with Crippen LogP contribution in [-0.4, -0.2) is 46.9 Å². The summed E-state index contributed by atoms with van der Waals surface area (Å²) in [6, 6.07) is 25.1. The van der Waals surface area contributed by atoms with Crippen LogP contribution in [0.5, 0.6) is 0 Å². The second-order valence-electron chi connectivity index (χ2n) is 8.65. The summed E-state index contributed by atoms with van der Waals surface area (Å²) in [5.41, 5.74) is 4.65. The van der Waals surface area contributed by atoms with Gasteiger partial charge in [-0.15, -0.1) is 0 Å². The molecule has 34 heavy (non-hydrogen) atoms. The van der Waals surface area contributed by atoms with Crippen molar-refractivity contribution in [1.29, 1.82) is 0 Å². The molecule has 0 spiro atoms. The SMILES string of the molecule is CS1(I)CCN(c2ccc(NC(=O)C(=O)c3c(-c4ccccc4)cc4ccccn34)cc2)CC1. The molecule has 0 radical (unpaired) electrons. The number of benzene rings is 2. The van der Waals surface area contributed by atoms with Crippen molar-refractivity contribution in [2.24, 2.45) is 0 Å². The van der Waals surface area contributed by atoms with E-state index in [-0.39, 0.29) is 0 Å². The van der Waals surface area contributed by atoms with E-state index in [2.05, 4.69) is 37.7 Å². The lowest BCUT2D eigenvalue weighted by molar-refractivity contribution is -0.112. The van der Waals surface area contributed by atoms with Gasteiger partial charge in [0.05, 0.1) is 0 Å². The molecule has 1 saturated heterocycles.